The Morgan fingerprint density at radius 1 is 0.536 bits per heavy atom. The van der Waals surface area contributed by atoms with Crippen LogP contribution in [0.25, 0.3) is 0 Å². The zero-order valence-electron chi connectivity index (χ0n) is 13.6. The van der Waals surface area contributed by atoms with Crippen LogP contribution in [0.15, 0.2) is 0 Å². The van der Waals surface area contributed by atoms with Crippen LogP contribution in [0.1, 0.15) is 32.1 Å². The highest BCUT2D eigenvalue weighted by Crippen LogP contribution is 2.51. The minimum Gasteiger partial charge on any atom is -0.396 e. The molecule has 0 aliphatic heterocycles. The van der Waals surface area contributed by atoms with Gasteiger partial charge in [-0.05, 0) is 25.2 Å². The Morgan fingerprint density at radius 3 is 1.18 bits per heavy atom. The lowest BCUT2D eigenvalue weighted by molar-refractivity contribution is -0.347. The third kappa shape index (κ3) is 5.75. The Labute approximate surface area is 148 Å². The van der Waals surface area contributed by atoms with E-state index in [4.69, 9.17) is 5.11 Å². The number of hydrogen-bond acceptors (Lipinski definition) is 1. The molecule has 0 spiro atoms. The lowest BCUT2D eigenvalue weighted by atomic mass is 9.87. The molecule has 1 unspecified atom stereocenters. The van der Waals surface area contributed by atoms with Crippen molar-refractivity contribution in [2.75, 3.05) is 6.61 Å². The Hall–Kier alpha value is -1.02. The van der Waals surface area contributed by atoms with E-state index in [0.29, 0.717) is 0 Å². The average Bonchev–Trinajstić information content (AvgIpc) is 2.45. The van der Waals surface area contributed by atoms with Crippen molar-refractivity contribution in [2.45, 2.75) is 68.1 Å². The normalized spacial score (nSPS) is 16.4. The van der Waals surface area contributed by atoms with E-state index in [2.05, 4.69) is 0 Å². The van der Waals surface area contributed by atoms with Crippen LogP contribution >= 0.6 is 0 Å². The largest absolute Gasteiger partial charge is 0.431 e. The van der Waals surface area contributed by atoms with Gasteiger partial charge in [0.2, 0.25) is 0 Å². The monoisotopic (exact) mass is 452 g/mol. The summed E-state index contributed by atoms with van der Waals surface area (Å²) in [5.74, 6) is -2.10. The fourth-order valence-electron chi connectivity index (χ4n) is 2.29. The van der Waals surface area contributed by atoms with Crippen LogP contribution in [0.4, 0.5) is 61.5 Å². The molecule has 0 amide bonds. The Morgan fingerprint density at radius 2 is 0.893 bits per heavy atom. The van der Waals surface area contributed by atoms with Crippen LogP contribution in [-0.2, 0) is 0 Å². The second kappa shape index (κ2) is 8.38. The number of aliphatic hydroxyl groups is 1. The van der Waals surface area contributed by atoms with Crippen LogP contribution in [0.2, 0.25) is 0 Å². The standard InChI is InChI=1S/C13H14F14O/c14-8(10(16,17)18,11(19,20)21)4-2-1-3-7(6-28)5-9(15,12(22,23)24)13(25,26)27/h7,28H,1-6H2. The van der Waals surface area contributed by atoms with Gasteiger partial charge < -0.3 is 5.11 Å². The predicted molar refractivity (Wildman–Crippen MR) is 65.6 cm³/mol. The summed E-state index contributed by atoms with van der Waals surface area (Å²) >= 11 is 0. The third-order valence-corrected chi connectivity index (χ3v) is 4.01. The maximum absolute atomic E-state index is 13.5. The molecule has 0 aromatic carbocycles. The van der Waals surface area contributed by atoms with Gasteiger partial charge in [0.1, 0.15) is 0 Å². The molecular weight excluding hydrogens is 438 g/mol. The molecular formula is C13H14F14O. The molecule has 0 heterocycles. The van der Waals surface area contributed by atoms with Crippen molar-refractivity contribution in [3.8, 4) is 0 Å². The van der Waals surface area contributed by atoms with Crippen LogP contribution < -0.4 is 0 Å². The smallest absolute Gasteiger partial charge is 0.396 e. The van der Waals surface area contributed by atoms with Crippen molar-refractivity contribution in [2.24, 2.45) is 5.92 Å². The molecule has 1 atom stereocenters. The highest BCUT2D eigenvalue weighted by molar-refractivity contribution is 4.96. The molecule has 0 aromatic heterocycles. The zero-order chi connectivity index (χ0) is 22.8. The summed E-state index contributed by atoms with van der Waals surface area (Å²) in [6, 6.07) is 0. The molecule has 0 saturated carbocycles. The van der Waals surface area contributed by atoms with Crippen LogP contribution in [0, 0.1) is 5.92 Å². The van der Waals surface area contributed by atoms with Gasteiger partial charge in [-0.25, -0.2) is 8.78 Å². The molecule has 0 bridgehead atoms. The molecule has 0 fully saturated rings. The lowest BCUT2D eigenvalue weighted by Gasteiger charge is -2.33. The van der Waals surface area contributed by atoms with Gasteiger partial charge in [0, 0.05) is 13.0 Å². The lowest BCUT2D eigenvalue weighted by Crippen LogP contribution is -2.54. The second-order valence-corrected chi connectivity index (χ2v) is 6.09. The van der Waals surface area contributed by atoms with Crippen molar-refractivity contribution in [3.05, 3.63) is 0 Å². The van der Waals surface area contributed by atoms with Gasteiger partial charge in [0.15, 0.2) is 0 Å². The van der Waals surface area contributed by atoms with Crippen LogP contribution in [-0.4, -0.2) is 47.8 Å². The minimum atomic E-state index is -6.43. The molecule has 0 rings (SSSR count). The van der Waals surface area contributed by atoms with E-state index >= 15 is 0 Å². The molecule has 15 heteroatoms. The molecule has 170 valence electrons. The van der Waals surface area contributed by atoms with E-state index in [0.717, 1.165) is 0 Å². The van der Waals surface area contributed by atoms with Gasteiger partial charge in [-0.1, -0.05) is 6.42 Å². The third-order valence-electron chi connectivity index (χ3n) is 4.01. The highest BCUT2D eigenvalue weighted by Gasteiger charge is 2.73. The number of aliphatic hydroxyl groups excluding tert-OH is 1. The van der Waals surface area contributed by atoms with Gasteiger partial charge in [0.25, 0.3) is 11.3 Å². The molecule has 0 saturated heterocycles. The molecule has 0 radical (unpaired) electrons. The van der Waals surface area contributed by atoms with Crippen molar-refractivity contribution < 1.29 is 66.6 Å². The SMILES string of the molecule is OCC(CCCCC(F)(C(F)(F)F)C(F)(F)F)CC(F)(C(F)(F)F)C(F)(F)F. The minimum absolute atomic E-state index is 0.922. The summed E-state index contributed by atoms with van der Waals surface area (Å²) < 4.78 is 175. The Balaban J connectivity index is 5.10. The van der Waals surface area contributed by atoms with Crippen molar-refractivity contribution in [1.82, 2.24) is 0 Å². The summed E-state index contributed by atoms with van der Waals surface area (Å²) in [5, 5.41) is 8.80. The molecule has 1 N–H and O–H groups in total. The summed E-state index contributed by atoms with van der Waals surface area (Å²) in [5.41, 5.74) is -11.4. The number of unbranched alkanes of at least 4 members (excludes halogenated alkanes) is 1. The summed E-state index contributed by atoms with van der Waals surface area (Å²) in [4.78, 5) is 0. The van der Waals surface area contributed by atoms with Crippen molar-refractivity contribution >= 4 is 0 Å². The van der Waals surface area contributed by atoms with E-state index in [-0.39, 0.29) is 0 Å². The summed E-state index contributed by atoms with van der Waals surface area (Å²) in [6.07, 6.45) is -33.3. The average molecular weight is 452 g/mol. The molecule has 28 heavy (non-hydrogen) atoms. The van der Waals surface area contributed by atoms with Crippen LogP contribution in [0.5, 0.6) is 0 Å². The van der Waals surface area contributed by atoms with E-state index in [1.165, 1.54) is 0 Å². The van der Waals surface area contributed by atoms with E-state index in [1.807, 2.05) is 0 Å². The predicted octanol–water partition coefficient (Wildman–Crippen LogP) is 6.21. The zero-order valence-corrected chi connectivity index (χ0v) is 13.6. The first-order chi connectivity index (χ1) is 12.1. The maximum Gasteiger partial charge on any atom is 0.431 e. The summed E-state index contributed by atoms with van der Waals surface area (Å²) in [7, 11) is 0. The van der Waals surface area contributed by atoms with Gasteiger partial charge in [-0.3, -0.25) is 0 Å². The highest BCUT2D eigenvalue weighted by atomic mass is 19.4. The number of rotatable bonds is 8. The second-order valence-electron chi connectivity index (χ2n) is 6.09. The van der Waals surface area contributed by atoms with E-state index < -0.39 is 80.7 Å². The van der Waals surface area contributed by atoms with Crippen molar-refractivity contribution in [3.63, 3.8) is 0 Å². The van der Waals surface area contributed by atoms with Crippen LogP contribution in [0.3, 0.4) is 0 Å². The van der Waals surface area contributed by atoms with Gasteiger partial charge >= 0.3 is 24.7 Å². The molecule has 1 nitrogen and oxygen atoms in total. The van der Waals surface area contributed by atoms with Gasteiger partial charge in [-0.2, -0.15) is 52.7 Å². The number of hydrogen-bond donors (Lipinski definition) is 1. The first-order valence-corrected chi connectivity index (χ1v) is 7.39. The fourth-order valence-corrected chi connectivity index (χ4v) is 2.29. The Bertz CT molecular complexity index is 457. The molecule has 0 aromatic rings. The number of halogens is 14. The quantitative estimate of drug-likeness (QED) is 0.343. The number of alkyl halides is 14. The van der Waals surface area contributed by atoms with Crippen molar-refractivity contribution in [1.29, 1.82) is 0 Å². The summed E-state index contributed by atoms with van der Waals surface area (Å²) in [6.45, 7) is -1.46. The van der Waals surface area contributed by atoms with E-state index in [1.54, 1.807) is 0 Å². The Kier molecular flexibility index (Phi) is 8.08. The van der Waals surface area contributed by atoms with Gasteiger partial charge in [-0.15, -0.1) is 0 Å². The molecule has 0 aliphatic carbocycles. The first-order valence-electron chi connectivity index (χ1n) is 7.39. The first kappa shape index (κ1) is 27.0. The maximum atomic E-state index is 13.5. The fraction of sp³-hybridized carbons (Fsp3) is 1.00. The topological polar surface area (TPSA) is 20.2 Å². The van der Waals surface area contributed by atoms with Gasteiger partial charge in [0.05, 0.1) is 0 Å². The van der Waals surface area contributed by atoms with E-state index in [9.17, 15) is 61.5 Å². The molecule has 0 aliphatic rings.